The molecule has 1 aliphatic carbocycles. The number of amides is 1. The number of nitrogens with zero attached hydrogens (tertiary/aromatic N) is 2. The molecule has 0 aromatic rings. The molecule has 4 heteroatoms. The number of likely N-dealkylation sites (tertiary alicyclic amines) is 1. The van der Waals surface area contributed by atoms with Crippen LogP contribution in [0.2, 0.25) is 0 Å². The van der Waals surface area contributed by atoms with E-state index in [0.29, 0.717) is 18.9 Å². The maximum Gasteiger partial charge on any atom is 0.226 e. The number of piperidine rings is 1. The molecule has 4 atom stereocenters. The normalized spacial score (nSPS) is 43.9. The number of hydrogen-bond donors (Lipinski definition) is 0. The fourth-order valence-electron chi connectivity index (χ4n) is 5.84. The van der Waals surface area contributed by atoms with Crippen LogP contribution in [-0.2, 0) is 4.79 Å². The zero-order valence-corrected chi connectivity index (χ0v) is 14.9. The summed E-state index contributed by atoms with van der Waals surface area (Å²) in [6.07, 6.45) is 5.60. The summed E-state index contributed by atoms with van der Waals surface area (Å²) < 4.78 is 14.1. The van der Waals surface area contributed by atoms with Gasteiger partial charge >= 0.3 is 0 Å². The molecule has 1 spiro atoms. The van der Waals surface area contributed by atoms with Gasteiger partial charge in [0.1, 0.15) is 6.17 Å². The Balaban J connectivity index is 1.51. The molecule has 3 nitrogen and oxygen atoms in total. The summed E-state index contributed by atoms with van der Waals surface area (Å²) in [7, 11) is 0. The van der Waals surface area contributed by atoms with Gasteiger partial charge in [0.15, 0.2) is 0 Å². The van der Waals surface area contributed by atoms with Crippen LogP contribution in [0.1, 0.15) is 59.3 Å². The highest BCUT2D eigenvalue weighted by Gasteiger charge is 2.71. The standard InChI is InChI=1S/C19H31FN2O/c1-17(2,3)19-9-14(20)11-22(19)13-18(12-19)10-15(18)16(23)21-7-5-4-6-8-21/h14-15H,4-13H2,1-3H3. The summed E-state index contributed by atoms with van der Waals surface area (Å²) >= 11 is 0. The first-order valence-corrected chi connectivity index (χ1v) is 9.45. The molecular formula is C19H31FN2O. The molecule has 0 N–H and O–H groups in total. The van der Waals surface area contributed by atoms with Crippen LogP contribution in [0.5, 0.6) is 0 Å². The average Bonchev–Trinajstić information content (AvgIpc) is 2.94. The quantitative estimate of drug-likeness (QED) is 0.740. The van der Waals surface area contributed by atoms with Crippen molar-refractivity contribution in [2.45, 2.75) is 71.0 Å². The van der Waals surface area contributed by atoms with Gasteiger partial charge in [0, 0.05) is 37.6 Å². The fourth-order valence-corrected chi connectivity index (χ4v) is 5.84. The topological polar surface area (TPSA) is 23.6 Å². The molecule has 4 aliphatic rings. The molecule has 130 valence electrons. The van der Waals surface area contributed by atoms with E-state index >= 15 is 0 Å². The summed E-state index contributed by atoms with van der Waals surface area (Å²) in [5.41, 5.74) is 0.184. The van der Waals surface area contributed by atoms with E-state index in [2.05, 4.69) is 30.6 Å². The first-order valence-electron chi connectivity index (χ1n) is 9.45. The molecule has 0 aromatic carbocycles. The molecule has 3 aliphatic heterocycles. The second-order valence-corrected chi connectivity index (χ2v) is 9.65. The van der Waals surface area contributed by atoms with Gasteiger partial charge in [0.25, 0.3) is 0 Å². The lowest BCUT2D eigenvalue weighted by molar-refractivity contribution is -0.134. The van der Waals surface area contributed by atoms with Crippen LogP contribution in [0.25, 0.3) is 0 Å². The third kappa shape index (κ3) is 2.27. The lowest BCUT2D eigenvalue weighted by atomic mass is 9.69. The van der Waals surface area contributed by atoms with E-state index in [4.69, 9.17) is 0 Å². The highest BCUT2D eigenvalue weighted by atomic mass is 19.1. The molecule has 3 heterocycles. The van der Waals surface area contributed by atoms with E-state index in [1.165, 1.54) is 6.42 Å². The van der Waals surface area contributed by atoms with Gasteiger partial charge in [-0.1, -0.05) is 20.8 Å². The maximum atomic E-state index is 14.1. The smallest absolute Gasteiger partial charge is 0.226 e. The van der Waals surface area contributed by atoms with Gasteiger partial charge in [0.2, 0.25) is 5.91 Å². The summed E-state index contributed by atoms with van der Waals surface area (Å²) in [6, 6.07) is 0. The molecule has 1 amide bonds. The third-order valence-corrected chi connectivity index (χ3v) is 7.28. The minimum absolute atomic E-state index is 0.0383. The predicted octanol–water partition coefficient (Wildman–Crippen LogP) is 3.24. The number of rotatable bonds is 1. The van der Waals surface area contributed by atoms with Crippen LogP contribution in [0.15, 0.2) is 0 Å². The van der Waals surface area contributed by atoms with Gasteiger partial charge < -0.3 is 4.90 Å². The lowest BCUT2D eigenvalue weighted by Gasteiger charge is -2.44. The van der Waals surface area contributed by atoms with E-state index < -0.39 is 6.17 Å². The van der Waals surface area contributed by atoms with Gasteiger partial charge in [-0.25, -0.2) is 4.39 Å². The Morgan fingerprint density at radius 2 is 1.83 bits per heavy atom. The number of halogens is 1. The Morgan fingerprint density at radius 3 is 2.43 bits per heavy atom. The van der Waals surface area contributed by atoms with E-state index in [-0.39, 0.29) is 22.3 Å². The van der Waals surface area contributed by atoms with Crippen molar-refractivity contribution >= 4 is 5.91 Å². The van der Waals surface area contributed by atoms with Crippen LogP contribution >= 0.6 is 0 Å². The molecule has 23 heavy (non-hydrogen) atoms. The Morgan fingerprint density at radius 1 is 1.13 bits per heavy atom. The molecule has 0 radical (unpaired) electrons. The van der Waals surface area contributed by atoms with Crippen LogP contribution in [0.3, 0.4) is 0 Å². The molecule has 4 rings (SSSR count). The molecular weight excluding hydrogens is 291 g/mol. The number of hydrogen-bond acceptors (Lipinski definition) is 2. The lowest BCUT2D eigenvalue weighted by Crippen LogP contribution is -2.49. The Bertz CT molecular complexity index is 510. The molecule has 1 saturated carbocycles. The molecule has 0 bridgehead atoms. The van der Waals surface area contributed by atoms with Crippen molar-refractivity contribution in [3.63, 3.8) is 0 Å². The molecule has 4 fully saturated rings. The Hall–Kier alpha value is -0.640. The van der Waals surface area contributed by atoms with E-state index in [1.54, 1.807) is 0 Å². The molecule has 3 saturated heterocycles. The van der Waals surface area contributed by atoms with Gasteiger partial charge in [-0.3, -0.25) is 9.69 Å². The number of fused-ring (bicyclic) bond motifs is 1. The van der Waals surface area contributed by atoms with Gasteiger partial charge in [0.05, 0.1) is 0 Å². The first-order chi connectivity index (χ1) is 10.8. The average molecular weight is 322 g/mol. The summed E-state index contributed by atoms with van der Waals surface area (Å²) in [5.74, 6) is 0.607. The second-order valence-electron chi connectivity index (χ2n) is 9.65. The highest BCUT2D eigenvalue weighted by Crippen LogP contribution is 2.68. The van der Waals surface area contributed by atoms with Gasteiger partial charge in [-0.15, -0.1) is 0 Å². The number of carbonyl (C=O) groups excluding carboxylic acids is 1. The van der Waals surface area contributed by atoms with Crippen LogP contribution in [0.4, 0.5) is 4.39 Å². The minimum Gasteiger partial charge on any atom is -0.342 e. The predicted molar refractivity (Wildman–Crippen MR) is 88.9 cm³/mol. The van der Waals surface area contributed by atoms with Crippen LogP contribution in [-0.4, -0.2) is 53.6 Å². The van der Waals surface area contributed by atoms with Crippen LogP contribution < -0.4 is 0 Å². The molecule has 4 unspecified atom stereocenters. The van der Waals surface area contributed by atoms with Crippen molar-refractivity contribution in [2.24, 2.45) is 16.7 Å². The largest absolute Gasteiger partial charge is 0.342 e. The SMILES string of the molecule is CC(C)(C)C12CC(F)CN1CC1(CC1C(=O)N1CCCCC1)C2. The second kappa shape index (κ2) is 4.93. The Kier molecular flexibility index (Phi) is 3.40. The van der Waals surface area contributed by atoms with Crippen molar-refractivity contribution in [2.75, 3.05) is 26.2 Å². The zero-order chi connectivity index (χ0) is 16.5. The van der Waals surface area contributed by atoms with Gasteiger partial charge in [-0.05, 0) is 49.4 Å². The van der Waals surface area contributed by atoms with Crippen molar-refractivity contribution < 1.29 is 9.18 Å². The van der Waals surface area contributed by atoms with E-state index in [1.807, 2.05) is 0 Å². The zero-order valence-electron chi connectivity index (χ0n) is 14.9. The Labute approximate surface area is 139 Å². The first kappa shape index (κ1) is 15.9. The van der Waals surface area contributed by atoms with Crippen molar-refractivity contribution in [1.82, 2.24) is 9.80 Å². The summed E-state index contributed by atoms with van der Waals surface area (Å²) in [4.78, 5) is 17.4. The van der Waals surface area contributed by atoms with E-state index in [0.717, 1.165) is 45.3 Å². The number of alkyl halides is 1. The summed E-state index contributed by atoms with van der Waals surface area (Å²) in [6.45, 7) is 10.2. The van der Waals surface area contributed by atoms with Crippen molar-refractivity contribution in [3.8, 4) is 0 Å². The maximum absolute atomic E-state index is 14.1. The van der Waals surface area contributed by atoms with Crippen molar-refractivity contribution in [3.05, 3.63) is 0 Å². The third-order valence-electron chi connectivity index (χ3n) is 7.28. The van der Waals surface area contributed by atoms with E-state index in [9.17, 15) is 9.18 Å². The highest BCUT2D eigenvalue weighted by molar-refractivity contribution is 5.83. The van der Waals surface area contributed by atoms with Crippen LogP contribution in [0, 0.1) is 16.7 Å². The fraction of sp³-hybridized carbons (Fsp3) is 0.947. The monoisotopic (exact) mass is 322 g/mol. The van der Waals surface area contributed by atoms with Crippen molar-refractivity contribution in [1.29, 1.82) is 0 Å². The molecule has 0 aromatic heterocycles. The van der Waals surface area contributed by atoms with Gasteiger partial charge in [-0.2, -0.15) is 0 Å². The minimum atomic E-state index is -0.693. The summed E-state index contributed by atoms with van der Waals surface area (Å²) in [5, 5.41) is 0. The number of carbonyl (C=O) groups is 1.